The molecule has 0 N–H and O–H groups in total. The lowest BCUT2D eigenvalue weighted by Crippen LogP contribution is -2.49. The highest BCUT2D eigenvalue weighted by Gasteiger charge is 2.61. The molecule has 1 amide bonds. The van der Waals surface area contributed by atoms with Gasteiger partial charge in [0.15, 0.2) is 0 Å². The first-order chi connectivity index (χ1) is 11.3. The van der Waals surface area contributed by atoms with Gasteiger partial charge in [-0.1, -0.05) is 37.6 Å². The minimum Gasteiger partial charge on any atom is -0.366 e. The third-order valence-electron chi connectivity index (χ3n) is 5.47. The van der Waals surface area contributed by atoms with E-state index < -0.39 is 0 Å². The number of piperazine rings is 1. The predicted octanol–water partition coefficient (Wildman–Crippen LogP) is 3.71. The van der Waals surface area contributed by atoms with Crippen molar-refractivity contribution in [3.05, 3.63) is 41.7 Å². The highest BCUT2D eigenvalue weighted by atomic mass is 19.1. The molecule has 2 fully saturated rings. The SMILES string of the molecule is CC(C)=CC1C(C(=O)N2CCN(c3ccccc3F)CC2)C1(C)C. The number of allylic oxidation sites excluding steroid dienone is 2. The van der Waals surface area contributed by atoms with Crippen LogP contribution in [0, 0.1) is 23.1 Å². The van der Waals surface area contributed by atoms with Gasteiger partial charge in [0, 0.05) is 26.2 Å². The summed E-state index contributed by atoms with van der Waals surface area (Å²) in [5.74, 6) is 0.506. The van der Waals surface area contributed by atoms with Gasteiger partial charge in [0.1, 0.15) is 5.82 Å². The third-order valence-corrected chi connectivity index (χ3v) is 5.47. The summed E-state index contributed by atoms with van der Waals surface area (Å²) < 4.78 is 13.9. The largest absolute Gasteiger partial charge is 0.366 e. The summed E-state index contributed by atoms with van der Waals surface area (Å²) in [5.41, 5.74) is 1.96. The fourth-order valence-electron chi connectivity index (χ4n) is 3.89. The van der Waals surface area contributed by atoms with E-state index in [9.17, 15) is 9.18 Å². The summed E-state index contributed by atoms with van der Waals surface area (Å²) in [6, 6.07) is 6.86. The molecule has 0 aromatic heterocycles. The second-order valence-corrected chi connectivity index (χ2v) is 7.83. The van der Waals surface area contributed by atoms with E-state index in [1.54, 1.807) is 6.07 Å². The van der Waals surface area contributed by atoms with Crippen LogP contribution >= 0.6 is 0 Å². The van der Waals surface area contributed by atoms with Crippen molar-refractivity contribution in [3.63, 3.8) is 0 Å². The molecule has 3 rings (SSSR count). The van der Waals surface area contributed by atoms with E-state index in [1.165, 1.54) is 11.6 Å². The van der Waals surface area contributed by atoms with Crippen molar-refractivity contribution in [2.75, 3.05) is 31.1 Å². The first-order valence-corrected chi connectivity index (χ1v) is 8.75. The topological polar surface area (TPSA) is 23.6 Å². The number of nitrogens with zero attached hydrogens (tertiary/aromatic N) is 2. The van der Waals surface area contributed by atoms with Gasteiger partial charge in [0.25, 0.3) is 0 Å². The van der Waals surface area contributed by atoms with E-state index in [4.69, 9.17) is 0 Å². The number of halogens is 1. The van der Waals surface area contributed by atoms with E-state index in [-0.39, 0.29) is 23.1 Å². The molecule has 1 aliphatic carbocycles. The minimum absolute atomic E-state index is 0.0526. The van der Waals surface area contributed by atoms with Crippen molar-refractivity contribution >= 4 is 11.6 Å². The first kappa shape index (κ1) is 17.0. The Kier molecular flexibility index (Phi) is 4.41. The number of benzene rings is 1. The maximum absolute atomic E-state index is 13.9. The normalized spacial score (nSPS) is 25.4. The van der Waals surface area contributed by atoms with Crippen molar-refractivity contribution in [2.24, 2.45) is 17.3 Å². The Morgan fingerprint density at radius 1 is 1.17 bits per heavy atom. The van der Waals surface area contributed by atoms with Gasteiger partial charge in [-0.15, -0.1) is 0 Å². The van der Waals surface area contributed by atoms with Crippen LogP contribution in [0.1, 0.15) is 27.7 Å². The molecule has 0 radical (unpaired) electrons. The quantitative estimate of drug-likeness (QED) is 0.789. The maximum atomic E-state index is 13.9. The summed E-state index contributed by atoms with van der Waals surface area (Å²) >= 11 is 0. The fourth-order valence-corrected chi connectivity index (χ4v) is 3.89. The van der Waals surface area contributed by atoms with Gasteiger partial charge in [0.2, 0.25) is 5.91 Å². The number of carbonyl (C=O) groups excluding carboxylic acids is 1. The summed E-state index contributed by atoms with van der Waals surface area (Å²) in [5, 5.41) is 0. The average Bonchev–Trinajstić information content (AvgIpc) is 3.07. The molecule has 3 nitrogen and oxygen atoms in total. The van der Waals surface area contributed by atoms with Crippen LogP contribution in [0.5, 0.6) is 0 Å². The van der Waals surface area contributed by atoms with Gasteiger partial charge < -0.3 is 9.80 Å². The number of amides is 1. The van der Waals surface area contributed by atoms with Crippen LogP contribution in [-0.4, -0.2) is 37.0 Å². The molecule has 4 heteroatoms. The van der Waals surface area contributed by atoms with Gasteiger partial charge in [-0.25, -0.2) is 4.39 Å². The Morgan fingerprint density at radius 3 is 2.38 bits per heavy atom. The van der Waals surface area contributed by atoms with E-state index in [0.29, 0.717) is 37.8 Å². The van der Waals surface area contributed by atoms with Gasteiger partial charge in [0.05, 0.1) is 11.6 Å². The molecule has 2 atom stereocenters. The van der Waals surface area contributed by atoms with Crippen molar-refractivity contribution < 1.29 is 9.18 Å². The Balaban J connectivity index is 1.62. The number of rotatable bonds is 3. The molecule has 2 unspecified atom stereocenters. The number of para-hydroxylation sites is 1. The van der Waals surface area contributed by atoms with E-state index in [1.807, 2.05) is 21.9 Å². The van der Waals surface area contributed by atoms with Crippen molar-refractivity contribution in [2.45, 2.75) is 27.7 Å². The molecule has 1 aromatic carbocycles. The summed E-state index contributed by atoms with van der Waals surface area (Å²) in [4.78, 5) is 16.9. The van der Waals surface area contributed by atoms with Crippen LogP contribution in [0.25, 0.3) is 0 Å². The summed E-state index contributed by atoms with van der Waals surface area (Å²) in [7, 11) is 0. The van der Waals surface area contributed by atoms with E-state index >= 15 is 0 Å². The number of hydrogen-bond acceptors (Lipinski definition) is 2. The molecule has 1 heterocycles. The Morgan fingerprint density at radius 2 is 1.79 bits per heavy atom. The maximum Gasteiger partial charge on any atom is 0.226 e. The monoisotopic (exact) mass is 330 g/mol. The minimum atomic E-state index is -0.191. The van der Waals surface area contributed by atoms with Crippen LogP contribution in [0.15, 0.2) is 35.9 Å². The fraction of sp³-hybridized carbons (Fsp3) is 0.550. The Bertz CT molecular complexity index is 655. The van der Waals surface area contributed by atoms with E-state index in [0.717, 1.165) is 0 Å². The van der Waals surface area contributed by atoms with Crippen LogP contribution < -0.4 is 4.90 Å². The zero-order valence-corrected chi connectivity index (χ0v) is 15.1. The molecule has 0 bridgehead atoms. The van der Waals surface area contributed by atoms with Gasteiger partial charge >= 0.3 is 0 Å². The van der Waals surface area contributed by atoms with E-state index in [2.05, 4.69) is 33.8 Å². The molecule has 1 saturated heterocycles. The zero-order chi connectivity index (χ0) is 17.5. The van der Waals surface area contributed by atoms with Crippen LogP contribution in [0.3, 0.4) is 0 Å². The highest BCUT2D eigenvalue weighted by Crippen LogP contribution is 2.60. The number of anilines is 1. The van der Waals surface area contributed by atoms with Crippen LogP contribution in [-0.2, 0) is 4.79 Å². The molecule has 1 aromatic rings. The molecular weight excluding hydrogens is 303 g/mol. The number of carbonyl (C=O) groups is 1. The molecular formula is C20H27FN2O. The van der Waals surface area contributed by atoms with Gasteiger partial charge in [-0.2, -0.15) is 0 Å². The lowest BCUT2D eigenvalue weighted by Gasteiger charge is -2.36. The van der Waals surface area contributed by atoms with Crippen LogP contribution in [0.4, 0.5) is 10.1 Å². The van der Waals surface area contributed by atoms with Gasteiger partial charge in [-0.05, 0) is 37.3 Å². The number of hydrogen-bond donors (Lipinski definition) is 0. The van der Waals surface area contributed by atoms with Crippen LogP contribution in [0.2, 0.25) is 0 Å². The average molecular weight is 330 g/mol. The lowest BCUT2D eigenvalue weighted by atomic mass is 10.1. The van der Waals surface area contributed by atoms with Crippen molar-refractivity contribution in [3.8, 4) is 0 Å². The smallest absolute Gasteiger partial charge is 0.226 e. The first-order valence-electron chi connectivity index (χ1n) is 8.75. The molecule has 1 saturated carbocycles. The van der Waals surface area contributed by atoms with Crippen molar-refractivity contribution in [1.29, 1.82) is 0 Å². The lowest BCUT2D eigenvalue weighted by molar-refractivity contribution is -0.133. The third kappa shape index (κ3) is 3.06. The standard InChI is InChI=1S/C20H27FN2O/c1-14(2)13-15-18(20(15,3)4)19(24)23-11-9-22(10-12-23)17-8-6-5-7-16(17)21/h5-8,13,15,18H,9-12H2,1-4H3. The summed E-state index contributed by atoms with van der Waals surface area (Å²) in [6.45, 7) is 11.2. The Labute approximate surface area is 144 Å². The highest BCUT2D eigenvalue weighted by molar-refractivity contribution is 5.84. The Hall–Kier alpha value is -1.84. The summed E-state index contributed by atoms with van der Waals surface area (Å²) in [6.07, 6.45) is 2.23. The predicted molar refractivity (Wildman–Crippen MR) is 95.4 cm³/mol. The molecule has 1 aliphatic heterocycles. The second kappa shape index (κ2) is 6.23. The van der Waals surface area contributed by atoms with Gasteiger partial charge in [-0.3, -0.25) is 4.79 Å². The molecule has 2 aliphatic rings. The molecule has 24 heavy (non-hydrogen) atoms. The second-order valence-electron chi connectivity index (χ2n) is 7.83. The molecule has 0 spiro atoms. The van der Waals surface area contributed by atoms with Crippen molar-refractivity contribution in [1.82, 2.24) is 4.90 Å². The zero-order valence-electron chi connectivity index (χ0n) is 15.1. The molecule has 130 valence electrons.